The van der Waals surface area contributed by atoms with E-state index >= 15 is 0 Å². The molecule has 1 saturated carbocycles. The lowest BCUT2D eigenvalue weighted by Crippen LogP contribution is -2.41. The van der Waals surface area contributed by atoms with Gasteiger partial charge < -0.3 is 11.1 Å². The van der Waals surface area contributed by atoms with Crippen LogP contribution in [0, 0.1) is 5.92 Å². The van der Waals surface area contributed by atoms with Gasteiger partial charge in [-0.25, -0.2) is 0 Å². The van der Waals surface area contributed by atoms with Crippen molar-refractivity contribution in [2.24, 2.45) is 11.7 Å². The number of nitrogens with two attached hydrogens (primary N) is 1. The molecule has 2 rings (SSSR count). The maximum Gasteiger partial charge on any atom is 0.220 e. The lowest BCUT2D eigenvalue weighted by molar-refractivity contribution is -0.121. The van der Waals surface area contributed by atoms with Crippen LogP contribution in [-0.4, -0.2) is 24.3 Å². The highest BCUT2D eigenvalue weighted by molar-refractivity contribution is 5.97. The Morgan fingerprint density at radius 2 is 1.85 bits per heavy atom. The molecule has 0 spiro atoms. The first-order valence-electron chi connectivity index (χ1n) is 6.78. The number of Topliss-reactive ketones (excluding diaryl/α,β-unsaturated/α-hetero) is 1. The molecule has 0 heterocycles. The minimum absolute atomic E-state index is 0. The van der Waals surface area contributed by atoms with E-state index in [1.54, 1.807) is 12.1 Å². The maximum atomic E-state index is 11.8. The van der Waals surface area contributed by atoms with Crippen LogP contribution >= 0.6 is 12.4 Å². The number of carbonyl (C=O) groups is 2. The SMILES string of the molecule is Cl.NCC(NC(=O)CCC(=O)c1ccccc1)C1CC1. The van der Waals surface area contributed by atoms with Crippen molar-refractivity contribution in [2.75, 3.05) is 6.54 Å². The van der Waals surface area contributed by atoms with Crippen LogP contribution in [0.25, 0.3) is 0 Å². The van der Waals surface area contributed by atoms with Gasteiger partial charge in [0, 0.05) is 31.0 Å². The van der Waals surface area contributed by atoms with Crippen LogP contribution in [0.5, 0.6) is 0 Å². The average molecular weight is 297 g/mol. The summed E-state index contributed by atoms with van der Waals surface area (Å²) in [7, 11) is 0. The van der Waals surface area contributed by atoms with Gasteiger partial charge >= 0.3 is 0 Å². The van der Waals surface area contributed by atoms with E-state index in [1.165, 1.54) is 0 Å². The topological polar surface area (TPSA) is 72.2 Å². The molecule has 0 bridgehead atoms. The Balaban J connectivity index is 0.00000200. The Labute approximate surface area is 125 Å². The molecule has 20 heavy (non-hydrogen) atoms. The summed E-state index contributed by atoms with van der Waals surface area (Å²) < 4.78 is 0. The first-order valence-corrected chi connectivity index (χ1v) is 6.78. The molecule has 1 aromatic carbocycles. The smallest absolute Gasteiger partial charge is 0.220 e. The zero-order chi connectivity index (χ0) is 13.7. The van der Waals surface area contributed by atoms with Crippen molar-refractivity contribution in [3.05, 3.63) is 35.9 Å². The Bertz CT molecular complexity index is 446. The number of benzene rings is 1. The average Bonchev–Trinajstić information content (AvgIpc) is 3.27. The molecule has 1 amide bonds. The Morgan fingerprint density at radius 3 is 2.40 bits per heavy atom. The van der Waals surface area contributed by atoms with Crippen LogP contribution < -0.4 is 11.1 Å². The number of nitrogens with one attached hydrogen (secondary N) is 1. The molecule has 0 aliphatic heterocycles. The number of carbonyl (C=O) groups excluding carboxylic acids is 2. The van der Waals surface area contributed by atoms with Gasteiger partial charge in [-0.3, -0.25) is 9.59 Å². The number of rotatable bonds is 7. The van der Waals surface area contributed by atoms with Crippen molar-refractivity contribution >= 4 is 24.1 Å². The van der Waals surface area contributed by atoms with E-state index in [-0.39, 0.29) is 43.0 Å². The van der Waals surface area contributed by atoms with Crippen molar-refractivity contribution in [2.45, 2.75) is 31.7 Å². The first-order chi connectivity index (χ1) is 9.20. The van der Waals surface area contributed by atoms with Crippen molar-refractivity contribution in [1.29, 1.82) is 0 Å². The minimum Gasteiger partial charge on any atom is -0.352 e. The fourth-order valence-corrected chi connectivity index (χ4v) is 2.14. The highest BCUT2D eigenvalue weighted by Crippen LogP contribution is 2.32. The van der Waals surface area contributed by atoms with Gasteiger partial charge in [-0.2, -0.15) is 0 Å². The van der Waals surface area contributed by atoms with Crippen LogP contribution in [0.1, 0.15) is 36.0 Å². The van der Waals surface area contributed by atoms with Crippen LogP contribution in [0.2, 0.25) is 0 Å². The normalized spacial score (nSPS) is 15.1. The van der Waals surface area contributed by atoms with Gasteiger partial charge in [-0.05, 0) is 18.8 Å². The molecule has 1 aliphatic rings. The molecular formula is C15H21ClN2O2. The standard InChI is InChI=1S/C15H20N2O2.ClH/c16-10-13(11-6-7-11)17-15(19)9-8-14(18)12-4-2-1-3-5-12;/h1-5,11,13H,6-10,16H2,(H,17,19);1H. The van der Waals surface area contributed by atoms with E-state index in [2.05, 4.69) is 5.32 Å². The monoisotopic (exact) mass is 296 g/mol. The van der Waals surface area contributed by atoms with Gasteiger partial charge in [0.1, 0.15) is 0 Å². The number of amides is 1. The van der Waals surface area contributed by atoms with E-state index in [0.29, 0.717) is 18.0 Å². The zero-order valence-electron chi connectivity index (χ0n) is 11.4. The van der Waals surface area contributed by atoms with E-state index in [1.807, 2.05) is 18.2 Å². The second-order valence-corrected chi connectivity index (χ2v) is 5.04. The van der Waals surface area contributed by atoms with Crippen LogP contribution in [-0.2, 0) is 4.79 Å². The predicted molar refractivity (Wildman–Crippen MR) is 81.0 cm³/mol. The molecule has 3 N–H and O–H groups in total. The minimum atomic E-state index is -0.0772. The number of halogens is 1. The molecular weight excluding hydrogens is 276 g/mol. The van der Waals surface area contributed by atoms with Gasteiger partial charge in [0.15, 0.2) is 5.78 Å². The molecule has 0 saturated heterocycles. The Kier molecular flexibility index (Phi) is 6.68. The molecule has 0 aromatic heterocycles. The van der Waals surface area contributed by atoms with Crippen molar-refractivity contribution < 1.29 is 9.59 Å². The summed E-state index contributed by atoms with van der Waals surface area (Å²) in [6.45, 7) is 0.475. The van der Waals surface area contributed by atoms with Gasteiger partial charge in [0.25, 0.3) is 0 Å². The van der Waals surface area contributed by atoms with Crippen molar-refractivity contribution in [3.8, 4) is 0 Å². The third kappa shape index (κ3) is 4.94. The Hall–Kier alpha value is -1.39. The van der Waals surface area contributed by atoms with E-state index in [4.69, 9.17) is 5.73 Å². The fraction of sp³-hybridized carbons (Fsp3) is 0.467. The molecule has 1 atom stereocenters. The Morgan fingerprint density at radius 1 is 1.20 bits per heavy atom. The maximum absolute atomic E-state index is 11.8. The number of hydrogen-bond donors (Lipinski definition) is 2. The second kappa shape index (κ2) is 8.02. The largest absolute Gasteiger partial charge is 0.352 e. The molecule has 1 aromatic rings. The van der Waals surface area contributed by atoms with Gasteiger partial charge in [0.05, 0.1) is 0 Å². The van der Waals surface area contributed by atoms with Gasteiger partial charge in [0.2, 0.25) is 5.91 Å². The lowest BCUT2D eigenvalue weighted by Gasteiger charge is -2.15. The van der Waals surface area contributed by atoms with Crippen LogP contribution in [0.15, 0.2) is 30.3 Å². The quantitative estimate of drug-likeness (QED) is 0.755. The second-order valence-electron chi connectivity index (χ2n) is 5.04. The summed E-state index contributed by atoms with van der Waals surface area (Å²) in [5.41, 5.74) is 6.29. The van der Waals surface area contributed by atoms with E-state index < -0.39 is 0 Å². The molecule has 1 fully saturated rings. The van der Waals surface area contributed by atoms with Crippen LogP contribution in [0.4, 0.5) is 0 Å². The van der Waals surface area contributed by atoms with Crippen LogP contribution in [0.3, 0.4) is 0 Å². The summed E-state index contributed by atoms with van der Waals surface area (Å²) in [5, 5.41) is 2.92. The van der Waals surface area contributed by atoms with Gasteiger partial charge in [-0.15, -0.1) is 12.4 Å². The van der Waals surface area contributed by atoms with Crippen molar-refractivity contribution in [1.82, 2.24) is 5.32 Å². The summed E-state index contributed by atoms with van der Waals surface area (Å²) in [4.78, 5) is 23.6. The predicted octanol–water partition coefficient (Wildman–Crippen LogP) is 1.92. The highest BCUT2D eigenvalue weighted by Gasteiger charge is 2.31. The van der Waals surface area contributed by atoms with E-state index in [9.17, 15) is 9.59 Å². The van der Waals surface area contributed by atoms with E-state index in [0.717, 1.165) is 12.8 Å². The molecule has 0 radical (unpaired) electrons. The lowest BCUT2D eigenvalue weighted by atomic mass is 10.1. The first kappa shape index (κ1) is 16.7. The van der Waals surface area contributed by atoms with Gasteiger partial charge in [-0.1, -0.05) is 30.3 Å². The molecule has 1 aliphatic carbocycles. The molecule has 110 valence electrons. The number of ketones is 1. The summed E-state index contributed by atoms with van der Waals surface area (Å²) in [5.74, 6) is 0.469. The molecule has 5 heteroatoms. The zero-order valence-corrected chi connectivity index (χ0v) is 12.2. The van der Waals surface area contributed by atoms with Crippen molar-refractivity contribution in [3.63, 3.8) is 0 Å². The third-order valence-corrected chi connectivity index (χ3v) is 3.47. The third-order valence-electron chi connectivity index (χ3n) is 3.47. The number of hydrogen-bond acceptors (Lipinski definition) is 3. The highest BCUT2D eigenvalue weighted by atomic mass is 35.5. The fourth-order valence-electron chi connectivity index (χ4n) is 2.14. The summed E-state index contributed by atoms with van der Waals surface area (Å²) in [6.07, 6.45) is 2.77. The summed E-state index contributed by atoms with van der Waals surface area (Å²) in [6, 6.07) is 9.14. The molecule has 1 unspecified atom stereocenters. The molecule has 4 nitrogen and oxygen atoms in total. The summed E-state index contributed by atoms with van der Waals surface area (Å²) >= 11 is 0.